The van der Waals surface area contributed by atoms with Crippen LogP contribution in [-0.2, 0) is 4.74 Å². The molecule has 0 amide bonds. The second-order valence-corrected chi connectivity index (χ2v) is 5.76. The predicted molar refractivity (Wildman–Crippen MR) is 90.4 cm³/mol. The first kappa shape index (κ1) is 18.0. The summed E-state index contributed by atoms with van der Waals surface area (Å²) in [5, 5.41) is -0.0932. The molecular formula is C18H11ClF3NO3. The molecule has 0 aliphatic carbocycles. The molecule has 0 bridgehead atoms. The molecule has 1 aromatic heterocycles. The average Bonchev–Trinajstić information content (AvgIpc) is 2.61. The second kappa shape index (κ2) is 6.84. The number of nitrogens with zero attached hydrogens (tertiary/aromatic N) is 1. The van der Waals surface area contributed by atoms with E-state index in [4.69, 9.17) is 16.3 Å². The SMILES string of the molecule is CCOC(=O)c1cn(-c2ccc(Cl)cc2)c2c(F)c(F)c(F)cc2c1=O. The number of carbonyl (C=O) groups is 1. The van der Waals surface area contributed by atoms with Gasteiger partial charge in [-0.3, -0.25) is 4.79 Å². The van der Waals surface area contributed by atoms with Crippen molar-refractivity contribution in [3.8, 4) is 5.69 Å². The highest BCUT2D eigenvalue weighted by molar-refractivity contribution is 6.30. The van der Waals surface area contributed by atoms with Gasteiger partial charge in [-0.1, -0.05) is 11.6 Å². The highest BCUT2D eigenvalue weighted by atomic mass is 35.5. The molecular weight excluding hydrogens is 371 g/mol. The number of ether oxygens (including phenoxy) is 1. The Labute approximate surface area is 150 Å². The highest BCUT2D eigenvalue weighted by Crippen LogP contribution is 2.25. The van der Waals surface area contributed by atoms with Gasteiger partial charge < -0.3 is 9.30 Å². The van der Waals surface area contributed by atoms with Gasteiger partial charge in [0.15, 0.2) is 17.5 Å². The molecule has 8 heteroatoms. The predicted octanol–water partition coefficient (Wildman–Crippen LogP) is 4.24. The van der Waals surface area contributed by atoms with Crippen molar-refractivity contribution in [1.29, 1.82) is 0 Å². The van der Waals surface area contributed by atoms with Crippen molar-refractivity contribution >= 4 is 28.5 Å². The number of halogens is 4. The van der Waals surface area contributed by atoms with E-state index in [9.17, 15) is 22.8 Å². The van der Waals surface area contributed by atoms with E-state index in [-0.39, 0.29) is 12.3 Å². The smallest absolute Gasteiger partial charge is 0.343 e. The van der Waals surface area contributed by atoms with Gasteiger partial charge in [0.05, 0.1) is 17.5 Å². The van der Waals surface area contributed by atoms with E-state index >= 15 is 0 Å². The van der Waals surface area contributed by atoms with Gasteiger partial charge in [0.1, 0.15) is 5.56 Å². The summed E-state index contributed by atoms with van der Waals surface area (Å²) in [5.74, 6) is -5.74. The van der Waals surface area contributed by atoms with Gasteiger partial charge in [0.25, 0.3) is 0 Å². The molecule has 0 saturated heterocycles. The molecule has 3 rings (SSSR count). The molecule has 3 aromatic rings. The van der Waals surface area contributed by atoms with E-state index in [1.165, 1.54) is 24.3 Å². The van der Waals surface area contributed by atoms with Crippen molar-refractivity contribution in [3.05, 3.63) is 74.8 Å². The molecule has 0 fully saturated rings. The lowest BCUT2D eigenvalue weighted by Crippen LogP contribution is -2.21. The van der Waals surface area contributed by atoms with Crippen LogP contribution in [0.5, 0.6) is 0 Å². The van der Waals surface area contributed by atoms with E-state index in [0.717, 1.165) is 10.8 Å². The largest absolute Gasteiger partial charge is 0.462 e. The Balaban J connectivity index is 2.46. The topological polar surface area (TPSA) is 48.3 Å². The lowest BCUT2D eigenvalue weighted by Gasteiger charge is -2.14. The first-order valence-corrected chi connectivity index (χ1v) is 7.88. The summed E-state index contributed by atoms with van der Waals surface area (Å²) >= 11 is 5.83. The van der Waals surface area contributed by atoms with Gasteiger partial charge >= 0.3 is 5.97 Å². The minimum absolute atomic E-state index is 0.00337. The molecule has 0 saturated carbocycles. The number of aromatic nitrogens is 1. The number of rotatable bonds is 3. The van der Waals surface area contributed by atoms with Crippen molar-refractivity contribution in [2.24, 2.45) is 0 Å². The van der Waals surface area contributed by atoms with Gasteiger partial charge in [0.2, 0.25) is 5.43 Å². The first-order chi connectivity index (χ1) is 12.3. The number of esters is 1. The van der Waals surface area contributed by atoms with Crippen molar-refractivity contribution < 1.29 is 22.7 Å². The second-order valence-electron chi connectivity index (χ2n) is 5.32. The average molecular weight is 382 g/mol. The van der Waals surface area contributed by atoms with Crippen molar-refractivity contribution in [1.82, 2.24) is 4.57 Å². The number of fused-ring (bicyclic) bond motifs is 1. The molecule has 0 unspecified atom stereocenters. The summed E-state index contributed by atoms with van der Waals surface area (Å²) in [4.78, 5) is 24.6. The number of hydrogen-bond acceptors (Lipinski definition) is 3. The molecule has 2 aromatic carbocycles. The van der Waals surface area contributed by atoms with Crippen LogP contribution in [0.3, 0.4) is 0 Å². The summed E-state index contributed by atoms with van der Waals surface area (Å²) in [6.45, 7) is 1.55. The van der Waals surface area contributed by atoms with E-state index in [0.29, 0.717) is 11.1 Å². The van der Waals surface area contributed by atoms with Gasteiger partial charge in [-0.25, -0.2) is 18.0 Å². The van der Waals surface area contributed by atoms with E-state index < -0.39 is 45.3 Å². The molecule has 26 heavy (non-hydrogen) atoms. The number of hydrogen-bond donors (Lipinski definition) is 0. The maximum Gasteiger partial charge on any atom is 0.343 e. The minimum Gasteiger partial charge on any atom is -0.462 e. The highest BCUT2D eigenvalue weighted by Gasteiger charge is 2.23. The van der Waals surface area contributed by atoms with Gasteiger partial charge in [0, 0.05) is 16.9 Å². The third-order valence-electron chi connectivity index (χ3n) is 3.72. The number of carbonyl (C=O) groups excluding carboxylic acids is 1. The van der Waals surface area contributed by atoms with Crippen LogP contribution in [0, 0.1) is 17.5 Å². The lowest BCUT2D eigenvalue weighted by atomic mass is 10.1. The zero-order valence-electron chi connectivity index (χ0n) is 13.4. The van der Waals surface area contributed by atoms with E-state index in [1.807, 2.05) is 0 Å². The van der Waals surface area contributed by atoms with Crippen LogP contribution >= 0.6 is 11.6 Å². The van der Waals surface area contributed by atoms with Crippen LogP contribution < -0.4 is 5.43 Å². The number of benzene rings is 2. The van der Waals surface area contributed by atoms with Crippen LogP contribution in [-0.4, -0.2) is 17.1 Å². The molecule has 0 aliphatic heterocycles. The van der Waals surface area contributed by atoms with Crippen molar-refractivity contribution in [2.75, 3.05) is 6.61 Å². The Morgan fingerprint density at radius 3 is 2.42 bits per heavy atom. The Kier molecular flexibility index (Phi) is 4.73. The van der Waals surface area contributed by atoms with Crippen LogP contribution in [0.25, 0.3) is 16.6 Å². The zero-order valence-corrected chi connectivity index (χ0v) is 14.1. The first-order valence-electron chi connectivity index (χ1n) is 7.51. The van der Waals surface area contributed by atoms with E-state index in [1.54, 1.807) is 6.92 Å². The Morgan fingerprint density at radius 2 is 1.81 bits per heavy atom. The third-order valence-corrected chi connectivity index (χ3v) is 3.98. The van der Waals surface area contributed by atoms with Crippen LogP contribution in [0.1, 0.15) is 17.3 Å². The Morgan fingerprint density at radius 1 is 1.15 bits per heavy atom. The van der Waals surface area contributed by atoms with Crippen LogP contribution in [0.2, 0.25) is 5.02 Å². The zero-order chi connectivity index (χ0) is 19.0. The molecule has 0 N–H and O–H groups in total. The molecule has 0 spiro atoms. The molecule has 1 heterocycles. The quantitative estimate of drug-likeness (QED) is 0.503. The van der Waals surface area contributed by atoms with Gasteiger partial charge in [-0.15, -0.1) is 0 Å². The molecule has 0 radical (unpaired) electrons. The minimum atomic E-state index is -1.72. The normalized spacial score (nSPS) is 11.0. The monoisotopic (exact) mass is 381 g/mol. The fourth-order valence-electron chi connectivity index (χ4n) is 2.55. The summed E-state index contributed by atoms with van der Waals surface area (Å²) in [7, 11) is 0. The van der Waals surface area contributed by atoms with Crippen LogP contribution in [0.4, 0.5) is 13.2 Å². The van der Waals surface area contributed by atoms with Crippen molar-refractivity contribution in [2.45, 2.75) is 6.92 Å². The van der Waals surface area contributed by atoms with E-state index in [2.05, 4.69) is 0 Å². The number of pyridine rings is 1. The van der Waals surface area contributed by atoms with Crippen molar-refractivity contribution in [3.63, 3.8) is 0 Å². The molecule has 134 valence electrons. The fraction of sp³-hybridized carbons (Fsp3) is 0.111. The molecule has 0 aliphatic rings. The third kappa shape index (κ3) is 2.94. The Hall–Kier alpha value is -2.80. The fourth-order valence-corrected chi connectivity index (χ4v) is 2.68. The summed E-state index contributed by atoms with van der Waals surface area (Å²) < 4.78 is 47.7. The molecule has 0 atom stereocenters. The summed E-state index contributed by atoms with van der Waals surface area (Å²) in [6.07, 6.45) is 1.03. The molecule has 4 nitrogen and oxygen atoms in total. The van der Waals surface area contributed by atoms with Crippen LogP contribution in [0.15, 0.2) is 41.3 Å². The summed E-state index contributed by atoms with van der Waals surface area (Å²) in [6, 6.07) is 6.49. The summed E-state index contributed by atoms with van der Waals surface area (Å²) in [5.41, 5.74) is -1.60. The Bertz CT molecular complexity index is 1080. The maximum atomic E-state index is 14.4. The lowest BCUT2D eigenvalue weighted by molar-refractivity contribution is 0.0524. The standard InChI is InChI=1S/C18H11ClF3NO3/c1-2-26-18(25)12-8-23(10-5-3-9(19)4-6-10)16-11(17(12)24)7-13(20)14(21)15(16)22/h3-8H,2H2,1H3. The van der Waals surface area contributed by atoms with Gasteiger partial charge in [-0.2, -0.15) is 0 Å². The van der Waals surface area contributed by atoms with Gasteiger partial charge in [-0.05, 0) is 37.3 Å². The maximum absolute atomic E-state index is 14.4.